The summed E-state index contributed by atoms with van der Waals surface area (Å²) in [4.78, 5) is 0. The fourth-order valence-corrected chi connectivity index (χ4v) is 4.78. The van der Waals surface area contributed by atoms with Gasteiger partial charge in [0.05, 0.1) is 23.2 Å². The second-order valence-corrected chi connectivity index (χ2v) is 7.88. The van der Waals surface area contributed by atoms with Crippen molar-refractivity contribution in [3.8, 4) is 0 Å². The summed E-state index contributed by atoms with van der Waals surface area (Å²) in [6, 6.07) is 7.54. The molecule has 3 rings (SSSR count). The van der Waals surface area contributed by atoms with Crippen LogP contribution in [0.4, 0.5) is 5.82 Å². The second kappa shape index (κ2) is 6.49. The highest BCUT2D eigenvalue weighted by molar-refractivity contribution is 7.92. The number of aromatic nitrogens is 1. The van der Waals surface area contributed by atoms with Gasteiger partial charge < -0.3 is 9.47 Å². The number of methoxy groups -OCH3 is 1. The summed E-state index contributed by atoms with van der Waals surface area (Å²) in [7, 11) is -1.99. The lowest BCUT2D eigenvalue weighted by molar-refractivity contribution is 0.0612. The molecule has 120 valence electrons. The molecule has 6 nitrogen and oxygen atoms in total. The lowest BCUT2D eigenvalue weighted by Gasteiger charge is -2.20. The number of anilines is 1. The summed E-state index contributed by atoms with van der Waals surface area (Å²) in [6.45, 7) is 1.21. The average molecular weight is 342 g/mol. The second-order valence-electron chi connectivity index (χ2n) is 5.31. The molecule has 0 aliphatic carbocycles. The van der Waals surface area contributed by atoms with E-state index in [1.807, 2.05) is 24.3 Å². The van der Waals surface area contributed by atoms with Gasteiger partial charge in [-0.1, -0.05) is 12.1 Å². The molecule has 8 heteroatoms. The van der Waals surface area contributed by atoms with E-state index in [1.54, 1.807) is 0 Å². The molecule has 1 saturated heterocycles. The van der Waals surface area contributed by atoms with Gasteiger partial charge in [-0.2, -0.15) is 4.37 Å². The van der Waals surface area contributed by atoms with E-state index in [2.05, 4.69) is 9.10 Å². The number of sulfonamides is 1. The zero-order valence-electron chi connectivity index (χ0n) is 12.2. The van der Waals surface area contributed by atoms with Crippen molar-refractivity contribution >= 4 is 37.5 Å². The molecule has 1 aliphatic heterocycles. The summed E-state index contributed by atoms with van der Waals surface area (Å²) in [5.74, 6) is 0.412. The third kappa shape index (κ3) is 3.40. The highest BCUT2D eigenvalue weighted by atomic mass is 32.2. The number of benzene rings is 1. The SMILES string of the molecule is COC(CS(=O)(=O)Nc1nsc2ccccc12)C1CCOC1. The van der Waals surface area contributed by atoms with Crippen molar-refractivity contribution in [1.29, 1.82) is 0 Å². The van der Waals surface area contributed by atoms with Crippen LogP contribution in [0.1, 0.15) is 6.42 Å². The molecule has 1 N–H and O–H groups in total. The molecule has 0 amide bonds. The highest BCUT2D eigenvalue weighted by Crippen LogP contribution is 2.27. The monoisotopic (exact) mass is 342 g/mol. The maximum absolute atomic E-state index is 12.4. The Morgan fingerprint density at radius 3 is 3.05 bits per heavy atom. The van der Waals surface area contributed by atoms with Crippen molar-refractivity contribution in [3.63, 3.8) is 0 Å². The van der Waals surface area contributed by atoms with Crippen molar-refractivity contribution in [2.24, 2.45) is 5.92 Å². The molecule has 0 spiro atoms. The standard InChI is InChI=1S/C14H18N2O4S2/c1-19-12(10-6-7-20-8-10)9-22(17,18)16-14-11-4-2-3-5-13(11)21-15-14/h2-5,10,12H,6-9H2,1H3,(H,15,16). The largest absolute Gasteiger partial charge is 0.381 e. The fraction of sp³-hybridized carbons (Fsp3) is 0.500. The van der Waals surface area contributed by atoms with E-state index in [9.17, 15) is 8.42 Å². The average Bonchev–Trinajstić information content (AvgIpc) is 3.15. The van der Waals surface area contributed by atoms with Gasteiger partial charge in [-0.25, -0.2) is 8.42 Å². The van der Waals surface area contributed by atoms with Crippen LogP contribution >= 0.6 is 11.5 Å². The van der Waals surface area contributed by atoms with E-state index in [0.29, 0.717) is 19.0 Å². The van der Waals surface area contributed by atoms with E-state index in [-0.39, 0.29) is 17.8 Å². The van der Waals surface area contributed by atoms with Crippen molar-refractivity contribution in [2.75, 3.05) is 30.8 Å². The smallest absolute Gasteiger partial charge is 0.236 e. The zero-order chi connectivity index (χ0) is 15.6. The van der Waals surface area contributed by atoms with Gasteiger partial charge in [0.25, 0.3) is 0 Å². The minimum atomic E-state index is -3.53. The molecule has 2 aromatic rings. The Labute approximate surface area is 133 Å². The quantitative estimate of drug-likeness (QED) is 0.870. The van der Waals surface area contributed by atoms with Crippen LogP contribution < -0.4 is 4.72 Å². The van der Waals surface area contributed by atoms with Crippen molar-refractivity contribution in [3.05, 3.63) is 24.3 Å². The van der Waals surface area contributed by atoms with Gasteiger partial charge in [-0.15, -0.1) is 0 Å². The summed E-state index contributed by atoms with van der Waals surface area (Å²) in [5.41, 5.74) is 0. The number of hydrogen-bond acceptors (Lipinski definition) is 6. The molecule has 2 heterocycles. The Hall–Kier alpha value is -1.22. The first-order valence-corrected chi connectivity index (χ1v) is 9.47. The summed E-state index contributed by atoms with van der Waals surface area (Å²) < 4.78 is 43.2. The summed E-state index contributed by atoms with van der Waals surface area (Å²) >= 11 is 1.28. The maximum atomic E-state index is 12.4. The fourth-order valence-electron chi connectivity index (χ4n) is 2.61. The molecule has 0 radical (unpaired) electrons. The van der Waals surface area contributed by atoms with Crippen LogP contribution in [0.3, 0.4) is 0 Å². The third-order valence-electron chi connectivity index (χ3n) is 3.81. The predicted molar refractivity (Wildman–Crippen MR) is 86.8 cm³/mol. The first-order valence-electron chi connectivity index (χ1n) is 7.04. The molecular weight excluding hydrogens is 324 g/mol. The highest BCUT2D eigenvalue weighted by Gasteiger charge is 2.30. The number of nitrogens with zero attached hydrogens (tertiary/aromatic N) is 1. The molecule has 1 aromatic heterocycles. The lowest BCUT2D eigenvalue weighted by Crippen LogP contribution is -2.34. The Kier molecular flexibility index (Phi) is 4.62. The van der Waals surface area contributed by atoms with Gasteiger partial charge in [0, 0.05) is 25.0 Å². The molecule has 0 bridgehead atoms. The molecule has 1 fully saturated rings. The van der Waals surface area contributed by atoms with Crippen LogP contribution in [0.5, 0.6) is 0 Å². The Morgan fingerprint density at radius 2 is 2.32 bits per heavy atom. The number of hydrogen-bond donors (Lipinski definition) is 1. The van der Waals surface area contributed by atoms with Crippen LogP contribution in [-0.2, 0) is 19.5 Å². The first-order chi connectivity index (χ1) is 10.6. The van der Waals surface area contributed by atoms with E-state index < -0.39 is 10.0 Å². The Balaban J connectivity index is 1.75. The molecule has 1 aliphatic rings. The zero-order valence-corrected chi connectivity index (χ0v) is 13.8. The van der Waals surface area contributed by atoms with Crippen LogP contribution in [0.15, 0.2) is 24.3 Å². The lowest BCUT2D eigenvalue weighted by atomic mass is 10.0. The molecule has 22 heavy (non-hydrogen) atoms. The molecule has 0 saturated carbocycles. The van der Waals surface area contributed by atoms with Gasteiger partial charge in [0.1, 0.15) is 0 Å². The topological polar surface area (TPSA) is 77.5 Å². The summed E-state index contributed by atoms with van der Waals surface area (Å²) in [6.07, 6.45) is 0.457. The van der Waals surface area contributed by atoms with E-state index in [1.165, 1.54) is 18.6 Å². The normalized spacial score (nSPS) is 20.3. The van der Waals surface area contributed by atoms with E-state index in [0.717, 1.165) is 16.5 Å². The number of fused-ring (bicyclic) bond motifs is 1. The van der Waals surface area contributed by atoms with Gasteiger partial charge in [-0.3, -0.25) is 4.72 Å². The van der Waals surface area contributed by atoms with Crippen molar-refractivity contribution < 1.29 is 17.9 Å². The minimum Gasteiger partial charge on any atom is -0.381 e. The van der Waals surface area contributed by atoms with Crippen LogP contribution in [0.2, 0.25) is 0 Å². The van der Waals surface area contributed by atoms with Gasteiger partial charge in [0.15, 0.2) is 5.82 Å². The Morgan fingerprint density at radius 1 is 1.50 bits per heavy atom. The van der Waals surface area contributed by atoms with Gasteiger partial charge >= 0.3 is 0 Å². The number of ether oxygens (including phenoxy) is 2. The molecule has 2 atom stereocenters. The van der Waals surface area contributed by atoms with E-state index in [4.69, 9.17) is 9.47 Å². The van der Waals surface area contributed by atoms with Crippen LogP contribution in [-0.4, -0.2) is 45.0 Å². The Bertz CT molecular complexity index is 738. The van der Waals surface area contributed by atoms with Crippen molar-refractivity contribution in [2.45, 2.75) is 12.5 Å². The van der Waals surface area contributed by atoms with Crippen molar-refractivity contribution in [1.82, 2.24) is 4.37 Å². The summed E-state index contributed by atoms with van der Waals surface area (Å²) in [5, 5.41) is 0.814. The maximum Gasteiger partial charge on any atom is 0.236 e. The van der Waals surface area contributed by atoms with Gasteiger partial charge in [-0.05, 0) is 30.1 Å². The minimum absolute atomic E-state index is 0.0939. The van der Waals surface area contributed by atoms with Crippen LogP contribution in [0.25, 0.3) is 10.1 Å². The molecule has 1 aromatic carbocycles. The number of nitrogens with one attached hydrogen (secondary N) is 1. The predicted octanol–water partition coefficient (Wildman–Crippen LogP) is 2.09. The molecular formula is C14H18N2O4S2. The van der Waals surface area contributed by atoms with Gasteiger partial charge in [0.2, 0.25) is 10.0 Å². The third-order valence-corrected chi connectivity index (χ3v) is 5.91. The molecule has 2 unspecified atom stereocenters. The number of rotatable bonds is 6. The van der Waals surface area contributed by atoms with E-state index >= 15 is 0 Å². The van der Waals surface area contributed by atoms with Crippen LogP contribution in [0, 0.1) is 5.92 Å². The first kappa shape index (κ1) is 15.7.